The van der Waals surface area contributed by atoms with Crippen molar-refractivity contribution in [2.24, 2.45) is 11.8 Å². The Bertz CT molecular complexity index is 393. The van der Waals surface area contributed by atoms with Gasteiger partial charge < -0.3 is 10.6 Å². The maximum atomic E-state index is 13.8. The summed E-state index contributed by atoms with van der Waals surface area (Å²) in [6.45, 7) is 2.04. The number of anilines is 2. The number of nitrogen functional groups attached to an aromatic ring is 1. The van der Waals surface area contributed by atoms with Gasteiger partial charge in [0, 0.05) is 18.8 Å². The molecular weight excluding hydrogens is 203 g/mol. The fourth-order valence-corrected chi connectivity index (χ4v) is 3.21. The SMILES string of the molecule is Nc1ccc(N2CC3CCCC3C2)c(F)c1. The highest BCUT2D eigenvalue weighted by atomic mass is 19.1. The van der Waals surface area contributed by atoms with Gasteiger partial charge in [0.1, 0.15) is 5.82 Å². The number of benzene rings is 1. The third-order valence-corrected chi connectivity index (χ3v) is 4.04. The van der Waals surface area contributed by atoms with Crippen LogP contribution in [0.25, 0.3) is 0 Å². The first-order chi connectivity index (χ1) is 7.74. The standard InChI is InChI=1S/C13H17FN2/c14-12-6-11(15)4-5-13(12)16-7-9-2-1-3-10(9)8-16/h4-6,9-10H,1-3,7-8,15H2. The van der Waals surface area contributed by atoms with E-state index in [1.54, 1.807) is 6.07 Å². The Labute approximate surface area is 95.2 Å². The van der Waals surface area contributed by atoms with Crippen molar-refractivity contribution in [1.82, 2.24) is 0 Å². The van der Waals surface area contributed by atoms with E-state index in [0.717, 1.165) is 30.6 Å². The van der Waals surface area contributed by atoms with Gasteiger partial charge in [-0.3, -0.25) is 0 Å². The van der Waals surface area contributed by atoms with Crippen molar-refractivity contribution >= 4 is 11.4 Å². The summed E-state index contributed by atoms with van der Waals surface area (Å²) < 4.78 is 13.8. The first-order valence-corrected chi connectivity index (χ1v) is 6.04. The normalized spacial score (nSPS) is 28.4. The Hall–Kier alpha value is -1.25. The van der Waals surface area contributed by atoms with Gasteiger partial charge in [-0.1, -0.05) is 6.42 Å². The monoisotopic (exact) mass is 220 g/mol. The van der Waals surface area contributed by atoms with Gasteiger partial charge in [0.15, 0.2) is 0 Å². The molecule has 1 heterocycles. The second-order valence-corrected chi connectivity index (χ2v) is 5.07. The molecule has 1 aliphatic heterocycles. The van der Waals surface area contributed by atoms with Gasteiger partial charge >= 0.3 is 0 Å². The summed E-state index contributed by atoms with van der Waals surface area (Å²) in [5, 5.41) is 0. The van der Waals surface area contributed by atoms with Crippen LogP contribution in [0.15, 0.2) is 18.2 Å². The van der Waals surface area contributed by atoms with E-state index in [2.05, 4.69) is 4.90 Å². The van der Waals surface area contributed by atoms with Crippen LogP contribution in [0.1, 0.15) is 19.3 Å². The van der Waals surface area contributed by atoms with Crippen molar-refractivity contribution in [2.45, 2.75) is 19.3 Å². The summed E-state index contributed by atoms with van der Waals surface area (Å²) >= 11 is 0. The summed E-state index contributed by atoms with van der Waals surface area (Å²) in [5.74, 6) is 1.40. The first kappa shape index (κ1) is 9.94. The molecule has 16 heavy (non-hydrogen) atoms. The molecule has 86 valence electrons. The minimum absolute atomic E-state index is 0.181. The third kappa shape index (κ3) is 1.55. The van der Waals surface area contributed by atoms with E-state index < -0.39 is 0 Å². The fraction of sp³-hybridized carbons (Fsp3) is 0.538. The first-order valence-electron chi connectivity index (χ1n) is 6.04. The molecule has 1 aromatic rings. The van der Waals surface area contributed by atoms with E-state index >= 15 is 0 Å². The van der Waals surface area contributed by atoms with E-state index in [4.69, 9.17) is 5.73 Å². The van der Waals surface area contributed by atoms with Gasteiger partial charge in [-0.25, -0.2) is 4.39 Å². The van der Waals surface area contributed by atoms with Crippen molar-refractivity contribution in [1.29, 1.82) is 0 Å². The molecule has 2 nitrogen and oxygen atoms in total. The molecule has 2 N–H and O–H groups in total. The summed E-state index contributed by atoms with van der Waals surface area (Å²) in [7, 11) is 0. The lowest BCUT2D eigenvalue weighted by molar-refractivity contribution is 0.494. The Morgan fingerprint density at radius 1 is 1.19 bits per heavy atom. The summed E-state index contributed by atoms with van der Waals surface area (Å²) in [6.07, 6.45) is 3.99. The smallest absolute Gasteiger partial charge is 0.148 e. The van der Waals surface area contributed by atoms with E-state index in [0.29, 0.717) is 5.69 Å². The number of rotatable bonds is 1. The van der Waals surface area contributed by atoms with Gasteiger partial charge in [-0.2, -0.15) is 0 Å². The number of halogens is 1. The molecular formula is C13H17FN2. The molecule has 2 aliphatic rings. The minimum Gasteiger partial charge on any atom is -0.399 e. The molecule has 1 aliphatic carbocycles. The molecule has 2 fully saturated rings. The van der Waals surface area contributed by atoms with Crippen LogP contribution in [-0.2, 0) is 0 Å². The number of hydrogen-bond donors (Lipinski definition) is 1. The lowest BCUT2D eigenvalue weighted by Gasteiger charge is -2.20. The number of nitrogens with two attached hydrogens (primary N) is 1. The van der Waals surface area contributed by atoms with Gasteiger partial charge in [-0.05, 0) is 42.9 Å². The van der Waals surface area contributed by atoms with E-state index in [1.165, 1.54) is 25.3 Å². The summed E-state index contributed by atoms with van der Waals surface area (Å²) in [4.78, 5) is 2.18. The second kappa shape index (κ2) is 3.65. The zero-order chi connectivity index (χ0) is 11.1. The lowest BCUT2D eigenvalue weighted by Crippen LogP contribution is -2.21. The van der Waals surface area contributed by atoms with Crippen LogP contribution >= 0.6 is 0 Å². The maximum absolute atomic E-state index is 13.8. The molecule has 1 saturated heterocycles. The highest BCUT2D eigenvalue weighted by Crippen LogP contribution is 2.40. The van der Waals surface area contributed by atoms with Crippen LogP contribution < -0.4 is 10.6 Å². The fourth-order valence-electron chi connectivity index (χ4n) is 3.21. The Kier molecular flexibility index (Phi) is 2.27. The van der Waals surface area contributed by atoms with Crippen molar-refractivity contribution in [3.8, 4) is 0 Å². The van der Waals surface area contributed by atoms with Crippen LogP contribution in [0.3, 0.4) is 0 Å². The number of nitrogens with zero attached hydrogens (tertiary/aromatic N) is 1. The van der Waals surface area contributed by atoms with Crippen LogP contribution in [0.5, 0.6) is 0 Å². The van der Waals surface area contributed by atoms with Crippen molar-refractivity contribution < 1.29 is 4.39 Å². The number of hydrogen-bond acceptors (Lipinski definition) is 2. The van der Waals surface area contributed by atoms with Crippen molar-refractivity contribution in [3.05, 3.63) is 24.0 Å². The van der Waals surface area contributed by atoms with Crippen molar-refractivity contribution in [2.75, 3.05) is 23.7 Å². The quantitative estimate of drug-likeness (QED) is 0.737. The molecule has 0 radical (unpaired) electrons. The topological polar surface area (TPSA) is 29.3 Å². The molecule has 2 atom stereocenters. The molecule has 0 amide bonds. The maximum Gasteiger partial charge on any atom is 0.148 e. The lowest BCUT2D eigenvalue weighted by atomic mass is 10.0. The zero-order valence-corrected chi connectivity index (χ0v) is 9.32. The largest absolute Gasteiger partial charge is 0.399 e. The Morgan fingerprint density at radius 3 is 2.50 bits per heavy atom. The summed E-state index contributed by atoms with van der Waals surface area (Å²) in [6, 6.07) is 5.02. The molecule has 0 bridgehead atoms. The predicted molar refractivity (Wildman–Crippen MR) is 63.9 cm³/mol. The minimum atomic E-state index is -0.181. The molecule has 3 rings (SSSR count). The van der Waals surface area contributed by atoms with Crippen LogP contribution in [0.4, 0.5) is 15.8 Å². The Balaban J connectivity index is 1.83. The Morgan fingerprint density at radius 2 is 1.88 bits per heavy atom. The highest BCUT2D eigenvalue weighted by molar-refractivity contribution is 5.55. The molecule has 1 aromatic carbocycles. The van der Waals surface area contributed by atoms with Crippen LogP contribution in [0, 0.1) is 17.7 Å². The second-order valence-electron chi connectivity index (χ2n) is 5.07. The third-order valence-electron chi connectivity index (χ3n) is 4.04. The predicted octanol–water partition coefficient (Wildman–Crippen LogP) is 2.64. The van der Waals surface area contributed by atoms with Gasteiger partial charge in [0.25, 0.3) is 0 Å². The van der Waals surface area contributed by atoms with Crippen molar-refractivity contribution in [3.63, 3.8) is 0 Å². The van der Waals surface area contributed by atoms with E-state index in [-0.39, 0.29) is 5.82 Å². The highest BCUT2D eigenvalue weighted by Gasteiger charge is 2.36. The average molecular weight is 220 g/mol. The average Bonchev–Trinajstić information content (AvgIpc) is 2.76. The molecule has 0 aromatic heterocycles. The van der Waals surface area contributed by atoms with E-state index in [1.807, 2.05) is 6.07 Å². The number of fused-ring (bicyclic) bond motifs is 1. The van der Waals surface area contributed by atoms with Gasteiger partial charge in [0.05, 0.1) is 5.69 Å². The van der Waals surface area contributed by atoms with E-state index in [9.17, 15) is 4.39 Å². The van der Waals surface area contributed by atoms with Crippen LogP contribution in [0.2, 0.25) is 0 Å². The summed E-state index contributed by atoms with van der Waals surface area (Å²) in [5.41, 5.74) is 6.79. The van der Waals surface area contributed by atoms with Gasteiger partial charge in [-0.15, -0.1) is 0 Å². The van der Waals surface area contributed by atoms with Gasteiger partial charge in [0.2, 0.25) is 0 Å². The molecule has 0 spiro atoms. The molecule has 3 heteroatoms. The molecule has 1 saturated carbocycles. The zero-order valence-electron chi connectivity index (χ0n) is 9.32. The molecule has 2 unspecified atom stereocenters. The van der Waals surface area contributed by atoms with Crippen LogP contribution in [-0.4, -0.2) is 13.1 Å².